The van der Waals surface area contributed by atoms with Gasteiger partial charge in [-0.2, -0.15) is 0 Å². The van der Waals surface area contributed by atoms with Gasteiger partial charge in [0.15, 0.2) is 9.84 Å². The van der Waals surface area contributed by atoms with Gasteiger partial charge >= 0.3 is 0 Å². The molecular weight excluding hydrogens is 298 g/mol. The highest BCUT2D eigenvalue weighted by Gasteiger charge is 2.19. The fraction of sp³-hybridized carbons (Fsp3) is 0.588. The van der Waals surface area contributed by atoms with E-state index in [2.05, 4.69) is 13.8 Å². The molecule has 4 nitrogen and oxygen atoms in total. The minimum absolute atomic E-state index is 0.0543. The summed E-state index contributed by atoms with van der Waals surface area (Å²) in [6.07, 6.45) is 4.03. The molecule has 0 aliphatic carbocycles. The molecule has 0 aliphatic rings. The topological polar surface area (TPSA) is 54.5 Å². The lowest BCUT2D eigenvalue weighted by Crippen LogP contribution is -2.34. The van der Waals surface area contributed by atoms with Crippen LogP contribution in [0.15, 0.2) is 35.2 Å². The molecule has 0 N–H and O–H groups in total. The van der Waals surface area contributed by atoms with Gasteiger partial charge in [0.05, 0.1) is 10.6 Å². The van der Waals surface area contributed by atoms with Crippen molar-refractivity contribution >= 4 is 15.7 Å². The molecule has 0 aromatic heterocycles. The van der Waals surface area contributed by atoms with Crippen LogP contribution in [0.5, 0.6) is 0 Å². The Morgan fingerprint density at radius 1 is 1.00 bits per heavy atom. The van der Waals surface area contributed by atoms with Crippen LogP contribution < -0.4 is 0 Å². The predicted octanol–water partition coefficient (Wildman–Crippen LogP) is 3.28. The first-order chi connectivity index (χ1) is 10.5. The maximum absolute atomic E-state index is 12.3. The Morgan fingerprint density at radius 2 is 1.55 bits per heavy atom. The molecule has 22 heavy (non-hydrogen) atoms. The Morgan fingerprint density at radius 3 is 2.05 bits per heavy atom. The molecule has 0 heterocycles. The van der Waals surface area contributed by atoms with Crippen molar-refractivity contribution in [2.45, 2.75) is 50.8 Å². The summed E-state index contributed by atoms with van der Waals surface area (Å²) in [6, 6.07) is 8.33. The number of hydrogen-bond acceptors (Lipinski definition) is 3. The maximum Gasteiger partial charge on any atom is 0.223 e. The molecule has 0 saturated heterocycles. The SMILES string of the molecule is CCCCN(CCCC)C(=O)CCS(=O)(=O)c1ccccc1. The van der Waals surface area contributed by atoms with E-state index in [1.807, 2.05) is 4.90 Å². The van der Waals surface area contributed by atoms with Crippen LogP contribution in [0.2, 0.25) is 0 Å². The highest BCUT2D eigenvalue weighted by Crippen LogP contribution is 2.12. The third kappa shape index (κ3) is 6.18. The highest BCUT2D eigenvalue weighted by atomic mass is 32.2. The lowest BCUT2D eigenvalue weighted by Gasteiger charge is -2.22. The summed E-state index contributed by atoms with van der Waals surface area (Å²) in [7, 11) is -3.38. The molecule has 1 aromatic rings. The van der Waals surface area contributed by atoms with E-state index < -0.39 is 9.84 Å². The van der Waals surface area contributed by atoms with E-state index in [-0.39, 0.29) is 23.0 Å². The van der Waals surface area contributed by atoms with Gasteiger partial charge in [-0.1, -0.05) is 44.9 Å². The van der Waals surface area contributed by atoms with Crippen molar-refractivity contribution < 1.29 is 13.2 Å². The van der Waals surface area contributed by atoms with Crippen molar-refractivity contribution in [3.8, 4) is 0 Å². The lowest BCUT2D eigenvalue weighted by molar-refractivity contribution is -0.130. The number of rotatable bonds is 10. The summed E-state index contributed by atoms with van der Waals surface area (Å²) in [5.41, 5.74) is 0. The van der Waals surface area contributed by atoms with Crippen molar-refractivity contribution in [1.29, 1.82) is 0 Å². The molecule has 0 spiro atoms. The molecule has 0 fully saturated rings. The standard InChI is InChI=1S/C17H27NO3S/c1-3-5-13-18(14-6-4-2)17(19)12-15-22(20,21)16-10-8-7-9-11-16/h7-11H,3-6,12-15H2,1-2H3. The van der Waals surface area contributed by atoms with E-state index in [1.54, 1.807) is 30.3 Å². The van der Waals surface area contributed by atoms with Crippen LogP contribution in [0.4, 0.5) is 0 Å². The van der Waals surface area contributed by atoms with E-state index in [9.17, 15) is 13.2 Å². The average molecular weight is 325 g/mol. The van der Waals surface area contributed by atoms with Gasteiger partial charge in [0.25, 0.3) is 0 Å². The van der Waals surface area contributed by atoms with Gasteiger partial charge in [-0.3, -0.25) is 4.79 Å². The summed E-state index contributed by atoms with van der Waals surface area (Å²) in [6.45, 7) is 5.62. The minimum Gasteiger partial charge on any atom is -0.343 e. The van der Waals surface area contributed by atoms with Gasteiger partial charge in [0, 0.05) is 19.5 Å². The fourth-order valence-corrected chi connectivity index (χ4v) is 3.44. The highest BCUT2D eigenvalue weighted by molar-refractivity contribution is 7.91. The second kappa shape index (κ2) is 9.62. The van der Waals surface area contributed by atoms with Gasteiger partial charge in [0.2, 0.25) is 5.91 Å². The average Bonchev–Trinajstić information content (AvgIpc) is 2.54. The molecule has 0 bridgehead atoms. The van der Waals surface area contributed by atoms with Gasteiger partial charge in [-0.05, 0) is 25.0 Å². The zero-order valence-electron chi connectivity index (χ0n) is 13.6. The van der Waals surface area contributed by atoms with Crippen LogP contribution in [0.1, 0.15) is 46.0 Å². The van der Waals surface area contributed by atoms with Crippen molar-refractivity contribution in [2.24, 2.45) is 0 Å². The van der Waals surface area contributed by atoms with Crippen molar-refractivity contribution in [1.82, 2.24) is 4.90 Å². The van der Waals surface area contributed by atoms with Crippen LogP contribution in [-0.4, -0.2) is 38.1 Å². The minimum atomic E-state index is -3.38. The smallest absolute Gasteiger partial charge is 0.223 e. The first-order valence-electron chi connectivity index (χ1n) is 8.06. The maximum atomic E-state index is 12.3. The number of carbonyl (C=O) groups is 1. The molecule has 124 valence electrons. The van der Waals surface area contributed by atoms with E-state index >= 15 is 0 Å². The molecule has 0 unspecified atom stereocenters. The van der Waals surface area contributed by atoms with Gasteiger partial charge < -0.3 is 4.90 Å². The Balaban J connectivity index is 2.61. The molecule has 0 atom stereocenters. The molecule has 1 rings (SSSR count). The normalized spacial score (nSPS) is 11.4. The molecule has 1 amide bonds. The third-order valence-corrected chi connectivity index (χ3v) is 5.33. The monoisotopic (exact) mass is 325 g/mol. The van der Waals surface area contributed by atoms with Crippen molar-refractivity contribution in [3.63, 3.8) is 0 Å². The van der Waals surface area contributed by atoms with E-state index in [1.165, 1.54) is 0 Å². The van der Waals surface area contributed by atoms with Crippen LogP contribution in [0.25, 0.3) is 0 Å². The first kappa shape index (κ1) is 18.7. The van der Waals surface area contributed by atoms with Gasteiger partial charge in [-0.15, -0.1) is 0 Å². The number of unbranched alkanes of at least 4 members (excludes halogenated alkanes) is 2. The second-order valence-corrected chi connectivity index (χ2v) is 7.58. The van der Waals surface area contributed by atoms with Gasteiger partial charge in [0.1, 0.15) is 0 Å². The van der Waals surface area contributed by atoms with E-state index in [4.69, 9.17) is 0 Å². The number of carbonyl (C=O) groups excluding carboxylic acids is 1. The Hall–Kier alpha value is -1.36. The fourth-order valence-electron chi connectivity index (χ4n) is 2.18. The van der Waals surface area contributed by atoms with Crippen molar-refractivity contribution in [2.75, 3.05) is 18.8 Å². The third-order valence-electron chi connectivity index (χ3n) is 3.60. The largest absolute Gasteiger partial charge is 0.343 e. The zero-order valence-corrected chi connectivity index (χ0v) is 14.4. The molecule has 0 saturated carbocycles. The van der Waals surface area contributed by atoms with Crippen LogP contribution in [-0.2, 0) is 14.6 Å². The van der Waals surface area contributed by atoms with Crippen LogP contribution in [0, 0.1) is 0 Å². The summed E-state index contributed by atoms with van der Waals surface area (Å²) < 4.78 is 24.4. The summed E-state index contributed by atoms with van der Waals surface area (Å²) in [5.74, 6) is -0.175. The quantitative estimate of drug-likeness (QED) is 0.663. The zero-order chi connectivity index (χ0) is 16.4. The molecule has 1 aromatic carbocycles. The second-order valence-electron chi connectivity index (χ2n) is 5.47. The number of amides is 1. The van der Waals surface area contributed by atoms with Crippen molar-refractivity contribution in [3.05, 3.63) is 30.3 Å². The number of nitrogens with zero attached hydrogens (tertiary/aromatic N) is 1. The predicted molar refractivity (Wildman–Crippen MR) is 89.5 cm³/mol. The van der Waals surface area contributed by atoms with Crippen LogP contribution >= 0.6 is 0 Å². The summed E-state index contributed by atoms with van der Waals surface area (Å²) in [4.78, 5) is 14.4. The van der Waals surface area contributed by atoms with Crippen LogP contribution in [0.3, 0.4) is 0 Å². The Kier molecular flexibility index (Phi) is 8.17. The van der Waals surface area contributed by atoms with E-state index in [0.717, 1.165) is 38.8 Å². The molecule has 5 heteroatoms. The number of hydrogen-bond donors (Lipinski definition) is 0. The number of benzene rings is 1. The molecular formula is C17H27NO3S. The first-order valence-corrected chi connectivity index (χ1v) is 9.72. The summed E-state index contributed by atoms with van der Waals surface area (Å²) in [5, 5.41) is 0. The van der Waals surface area contributed by atoms with Gasteiger partial charge in [-0.25, -0.2) is 8.42 Å². The summed E-state index contributed by atoms with van der Waals surface area (Å²) >= 11 is 0. The molecule has 0 radical (unpaired) electrons. The lowest BCUT2D eigenvalue weighted by atomic mass is 10.2. The number of sulfone groups is 1. The Labute approximate surface area is 134 Å². The van der Waals surface area contributed by atoms with E-state index in [0.29, 0.717) is 0 Å². The molecule has 0 aliphatic heterocycles. The Bertz CT molecular complexity index is 532.